The minimum atomic E-state index is -0.326. The molecule has 4 aromatic rings. The molecule has 2 atom stereocenters. The van der Waals surface area contributed by atoms with Crippen LogP contribution in [0.3, 0.4) is 0 Å². The summed E-state index contributed by atoms with van der Waals surface area (Å²) < 4.78 is 23.5. The van der Waals surface area contributed by atoms with Gasteiger partial charge in [-0.25, -0.2) is 9.78 Å². The molecule has 1 heterocycles. The van der Waals surface area contributed by atoms with Crippen LogP contribution >= 0.6 is 0 Å². The molecule has 0 radical (unpaired) electrons. The third-order valence-electron chi connectivity index (χ3n) is 7.15. The number of ether oxygens (including phenoxy) is 3. The monoisotopic (exact) mass is 499 g/mol. The molecule has 5 rings (SSSR count). The van der Waals surface area contributed by atoms with Gasteiger partial charge in [0.15, 0.2) is 0 Å². The zero-order chi connectivity index (χ0) is 25.8. The van der Waals surface area contributed by atoms with Crippen molar-refractivity contribution in [1.82, 2.24) is 4.98 Å². The van der Waals surface area contributed by atoms with Gasteiger partial charge in [-0.05, 0) is 73.6 Å². The highest BCUT2D eigenvalue weighted by molar-refractivity contribution is 5.92. The van der Waals surface area contributed by atoms with Gasteiger partial charge in [0.05, 0.1) is 38.1 Å². The van der Waals surface area contributed by atoms with Crippen molar-refractivity contribution in [2.24, 2.45) is 0 Å². The van der Waals surface area contributed by atoms with Gasteiger partial charge in [-0.1, -0.05) is 48.5 Å². The van der Waals surface area contributed by atoms with E-state index in [2.05, 4.69) is 24.3 Å². The molecule has 192 valence electrons. The van der Waals surface area contributed by atoms with E-state index in [9.17, 15) is 4.79 Å². The molecule has 0 unspecified atom stereocenters. The fourth-order valence-corrected chi connectivity index (χ4v) is 5.06. The fraction of sp³-hybridized carbons (Fsp3) is 0.355. The highest BCUT2D eigenvalue weighted by atomic mass is 16.5. The van der Waals surface area contributed by atoms with Crippen molar-refractivity contribution in [3.63, 3.8) is 0 Å². The second-order valence-electron chi connectivity index (χ2n) is 9.72. The number of hydrogen-bond donors (Lipinski definition) is 0. The maximum Gasteiger partial charge on any atom is 0.338 e. The fourth-order valence-electron chi connectivity index (χ4n) is 5.06. The summed E-state index contributed by atoms with van der Waals surface area (Å²) >= 11 is 0. The number of benzene rings is 3. The maximum atomic E-state index is 12.2. The summed E-state index contributed by atoms with van der Waals surface area (Å²) in [5.74, 6) is 1.07. The molecular weight excluding hydrogens is 466 g/mol. The number of rotatable bonds is 8. The van der Waals surface area contributed by atoms with E-state index in [1.54, 1.807) is 0 Å². The summed E-state index contributed by atoms with van der Waals surface area (Å²) in [5.41, 5.74) is 4.13. The number of nitrogens with zero attached hydrogens (tertiary/aromatic N) is 1. The van der Waals surface area contributed by atoms with Gasteiger partial charge in [-0.3, -0.25) is 0 Å². The molecule has 1 aliphatic rings. The average molecular weight is 500 g/mol. The molecule has 0 bridgehead atoms. The van der Waals surface area contributed by atoms with Crippen LogP contribution in [0.4, 0.5) is 0 Å². The number of esters is 1. The highest BCUT2D eigenvalue weighted by Crippen LogP contribution is 2.29. The van der Waals surface area contributed by atoms with Crippen molar-refractivity contribution >= 4 is 16.7 Å². The average Bonchev–Trinajstić information content (AvgIpc) is 3.30. The number of aryl methyl sites for hydroxylation is 2. The van der Waals surface area contributed by atoms with Gasteiger partial charge >= 0.3 is 5.97 Å². The number of oxazole rings is 1. The summed E-state index contributed by atoms with van der Waals surface area (Å²) in [4.78, 5) is 17.0. The third kappa shape index (κ3) is 5.76. The molecule has 0 saturated heterocycles. The summed E-state index contributed by atoms with van der Waals surface area (Å²) in [7, 11) is 1.41. The number of carbonyl (C=O) groups is 1. The topological polar surface area (TPSA) is 70.8 Å². The molecular formula is C31H33NO5. The van der Waals surface area contributed by atoms with Crippen molar-refractivity contribution < 1.29 is 23.4 Å². The minimum Gasteiger partial charge on any atom is -0.465 e. The number of hydrogen-bond acceptors (Lipinski definition) is 6. The van der Waals surface area contributed by atoms with Crippen LogP contribution in [0.2, 0.25) is 0 Å². The predicted molar refractivity (Wildman–Crippen MR) is 142 cm³/mol. The molecule has 1 aromatic heterocycles. The largest absolute Gasteiger partial charge is 0.465 e. The SMILES string of the molecule is COC(=O)c1c(C)cccc1CO[C@@H]1CCC[C@H](OCc2nc(-c3ccc4ccccc4c3)oc2C)C1. The van der Waals surface area contributed by atoms with E-state index in [1.165, 1.54) is 12.5 Å². The molecule has 1 fully saturated rings. The Labute approximate surface area is 217 Å². The van der Waals surface area contributed by atoms with Crippen molar-refractivity contribution in [3.8, 4) is 11.5 Å². The molecule has 1 saturated carbocycles. The quantitative estimate of drug-likeness (QED) is 0.245. The molecule has 6 nitrogen and oxygen atoms in total. The lowest BCUT2D eigenvalue weighted by molar-refractivity contribution is -0.0564. The molecule has 3 aromatic carbocycles. The lowest BCUT2D eigenvalue weighted by Crippen LogP contribution is -2.28. The highest BCUT2D eigenvalue weighted by Gasteiger charge is 2.25. The summed E-state index contributed by atoms with van der Waals surface area (Å²) in [6.45, 7) is 4.63. The van der Waals surface area contributed by atoms with Crippen LogP contribution < -0.4 is 0 Å². The molecule has 1 aliphatic carbocycles. The lowest BCUT2D eigenvalue weighted by atomic mass is 9.94. The molecule has 0 N–H and O–H groups in total. The third-order valence-corrected chi connectivity index (χ3v) is 7.15. The standard InChI is InChI=1S/C31H33NO5/c1-20-8-6-11-25(29(20)31(33)34-3)18-35-26-12-7-13-27(17-26)36-19-28-21(2)37-30(32-28)24-15-14-22-9-4-5-10-23(22)16-24/h4-6,8-11,14-16,26-27H,7,12-13,17-19H2,1-3H3/t26-,27+/m1/s1. The minimum absolute atomic E-state index is 0.0799. The second-order valence-corrected chi connectivity index (χ2v) is 9.72. The number of carbonyl (C=O) groups excluding carboxylic acids is 1. The van der Waals surface area contributed by atoms with E-state index >= 15 is 0 Å². The van der Waals surface area contributed by atoms with E-state index in [0.717, 1.165) is 59.2 Å². The van der Waals surface area contributed by atoms with Crippen molar-refractivity contribution in [3.05, 3.63) is 88.8 Å². The second kappa shape index (κ2) is 11.3. The molecule has 37 heavy (non-hydrogen) atoms. The van der Waals surface area contributed by atoms with E-state index in [4.69, 9.17) is 23.6 Å². The zero-order valence-electron chi connectivity index (χ0n) is 21.7. The number of fused-ring (bicyclic) bond motifs is 1. The van der Waals surface area contributed by atoms with Crippen LogP contribution in [0.5, 0.6) is 0 Å². The van der Waals surface area contributed by atoms with Crippen molar-refractivity contribution in [2.75, 3.05) is 7.11 Å². The van der Waals surface area contributed by atoms with E-state index in [0.29, 0.717) is 24.7 Å². The molecule has 0 amide bonds. The first-order valence-corrected chi connectivity index (χ1v) is 12.9. The Kier molecular flexibility index (Phi) is 7.68. The molecule has 0 spiro atoms. The van der Waals surface area contributed by atoms with Gasteiger partial charge < -0.3 is 18.6 Å². The van der Waals surface area contributed by atoms with Crippen LogP contribution in [-0.4, -0.2) is 30.3 Å². The van der Waals surface area contributed by atoms with Crippen molar-refractivity contribution in [2.45, 2.75) is 65.0 Å². The Hall–Kier alpha value is -3.48. The maximum absolute atomic E-state index is 12.2. The Morgan fingerprint density at radius 2 is 1.70 bits per heavy atom. The van der Waals surface area contributed by atoms with E-state index in [1.807, 2.05) is 50.2 Å². The van der Waals surface area contributed by atoms with Crippen LogP contribution in [0.15, 0.2) is 65.1 Å². The Morgan fingerprint density at radius 1 is 0.946 bits per heavy atom. The lowest BCUT2D eigenvalue weighted by Gasteiger charge is -2.29. The Balaban J connectivity index is 1.19. The van der Waals surface area contributed by atoms with Crippen LogP contribution in [-0.2, 0) is 27.4 Å². The first-order chi connectivity index (χ1) is 18.0. The Bertz CT molecular complexity index is 1390. The summed E-state index contributed by atoms with van der Waals surface area (Å²) in [6, 6.07) is 20.3. The molecule has 6 heteroatoms. The first kappa shape index (κ1) is 25.2. The van der Waals surface area contributed by atoms with Gasteiger partial charge in [0.2, 0.25) is 5.89 Å². The van der Waals surface area contributed by atoms with Crippen molar-refractivity contribution in [1.29, 1.82) is 0 Å². The first-order valence-electron chi connectivity index (χ1n) is 12.9. The van der Waals surface area contributed by atoms with Crippen LogP contribution in [0.25, 0.3) is 22.2 Å². The number of aromatic nitrogens is 1. The van der Waals surface area contributed by atoms with Crippen LogP contribution in [0, 0.1) is 13.8 Å². The van der Waals surface area contributed by atoms with Gasteiger partial charge in [0.25, 0.3) is 0 Å². The number of methoxy groups -OCH3 is 1. The molecule has 0 aliphatic heterocycles. The van der Waals surface area contributed by atoms with Crippen LogP contribution in [0.1, 0.15) is 58.6 Å². The van der Waals surface area contributed by atoms with Gasteiger partial charge in [-0.2, -0.15) is 0 Å². The summed E-state index contributed by atoms with van der Waals surface area (Å²) in [5, 5.41) is 2.35. The Morgan fingerprint density at radius 3 is 2.49 bits per heavy atom. The predicted octanol–water partition coefficient (Wildman–Crippen LogP) is 6.94. The smallest absolute Gasteiger partial charge is 0.338 e. The summed E-state index contributed by atoms with van der Waals surface area (Å²) in [6.07, 6.45) is 3.99. The van der Waals surface area contributed by atoms with E-state index in [-0.39, 0.29) is 18.2 Å². The normalized spacial score (nSPS) is 17.7. The van der Waals surface area contributed by atoms with Gasteiger partial charge in [-0.15, -0.1) is 0 Å². The van der Waals surface area contributed by atoms with E-state index < -0.39 is 0 Å². The van der Waals surface area contributed by atoms with Gasteiger partial charge in [0, 0.05) is 5.56 Å². The zero-order valence-corrected chi connectivity index (χ0v) is 21.7. The van der Waals surface area contributed by atoms with Gasteiger partial charge in [0.1, 0.15) is 11.5 Å².